The van der Waals surface area contributed by atoms with E-state index in [0.717, 1.165) is 0 Å². The molecule has 0 saturated heterocycles. The van der Waals surface area contributed by atoms with Crippen LogP contribution in [0.2, 0.25) is 0 Å². The Balaban J connectivity index is 2.05. The number of hydrogen-bond acceptors (Lipinski definition) is 3. The average Bonchev–Trinajstić information content (AvgIpc) is 2.47. The third-order valence-corrected chi connectivity index (χ3v) is 3.25. The van der Waals surface area contributed by atoms with Crippen molar-refractivity contribution in [3.05, 3.63) is 65.6 Å². The van der Waals surface area contributed by atoms with Crippen molar-refractivity contribution in [3.63, 3.8) is 0 Å². The fourth-order valence-corrected chi connectivity index (χ4v) is 2.30. The first-order chi connectivity index (χ1) is 10.5. The third-order valence-electron chi connectivity index (χ3n) is 3.25. The van der Waals surface area contributed by atoms with Gasteiger partial charge in [-0.3, -0.25) is 9.78 Å². The van der Waals surface area contributed by atoms with Crippen molar-refractivity contribution in [2.75, 3.05) is 5.32 Å². The smallest absolute Gasteiger partial charge is 0.256 e. The molecule has 0 aliphatic carbocycles. The Morgan fingerprint density at radius 2 is 2.00 bits per heavy atom. The standard InChI is InChI=1S/C17H13FN2O2/c1-10-7-15(14-8-11(18)5-6-16(14)19-10)17(22)20-12-3-2-4-13(21)9-12/h2-9,21H,1H3,(H,20,22). The molecule has 0 aliphatic heterocycles. The Hall–Kier alpha value is -2.95. The van der Waals surface area contributed by atoms with E-state index in [1.54, 1.807) is 31.2 Å². The zero-order valence-electron chi connectivity index (χ0n) is 11.8. The predicted molar refractivity (Wildman–Crippen MR) is 82.5 cm³/mol. The number of nitrogens with zero attached hydrogens (tertiary/aromatic N) is 1. The van der Waals surface area contributed by atoms with Gasteiger partial charge in [0.05, 0.1) is 11.1 Å². The Bertz CT molecular complexity index is 878. The monoisotopic (exact) mass is 296 g/mol. The molecule has 22 heavy (non-hydrogen) atoms. The van der Waals surface area contributed by atoms with Gasteiger partial charge in [0, 0.05) is 22.8 Å². The highest BCUT2D eigenvalue weighted by Gasteiger charge is 2.13. The highest BCUT2D eigenvalue weighted by Crippen LogP contribution is 2.22. The molecule has 3 aromatic rings. The van der Waals surface area contributed by atoms with Crippen LogP contribution in [0.25, 0.3) is 10.9 Å². The lowest BCUT2D eigenvalue weighted by Crippen LogP contribution is -2.13. The number of amides is 1. The van der Waals surface area contributed by atoms with Crippen molar-refractivity contribution in [2.45, 2.75) is 6.92 Å². The first kappa shape index (κ1) is 14.0. The molecule has 3 rings (SSSR count). The molecule has 2 aromatic carbocycles. The lowest BCUT2D eigenvalue weighted by Gasteiger charge is -2.09. The Morgan fingerprint density at radius 3 is 2.77 bits per heavy atom. The Morgan fingerprint density at radius 1 is 1.18 bits per heavy atom. The van der Waals surface area contributed by atoms with Crippen LogP contribution in [0.15, 0.2) is 48.5 Å². The summed E-state index contributed by atoms with van der Waals surface area (Å²) in [5, 5.41) is 12.6. The van der Waals surface area contributed by atoms with Crippen molar-refractivity contribution in [1.82, 2.24) is 4.98 Å². The van der Waals surface area contributed by atoms with Gasteiger partial charge >= 0.3 is 0 Å². The number of anilines is 1. The fourth-order valence-electron chi connectivity index (χ4n) is 2.30. The lowest BCUT2D eigenvalue weighted by molar-refractivity contribution is 0.102. The van der Waals surface area contributed by atoms with Crippen LogP contribution in [0.5, 0.6) is 5.75 Å². The minimum absolute atomic E-state index is 0.0552. The van der Waals surface area contributed by atoms with E-state index in [0.29, 0.717) is 27.8 Å². The molecule has 1 heterocycles. The van der Waals surface area contributed by atoms with Gasteiger partial charge in [0.15, 0.2) is 0 Å². The van der Waals surface area contributed by atoms with E-state index >= 15 is 0 Å². The number of halogens is 1. The molecule has 1 amide bonds. The second-order valence-corrected chi connectivity index (χ2v) is 4.98. The molecule has 0 fully saturated rings. The number of fused-ring (bicyclic) bond motifs is 1. The van der Waals surface area contributed by atoms with Gasteiger partial charge in [0.25, 0.3) is 5.91 Å². The summed E-state index contributed by atoms with van der Waals surface area (Å²) in [5.41, 5.74) is 2.02. The SMILES string of the molecule is Cc1cc(C(=O)Nc2cccc(O)c2)c2cc(F)ccc2n1. The van der Waals surface area contributed by atoms with Crippen molar-refractivity contribution in [1.29, 1.82) is 0 Å². The number of aromatic nitrogens is 1. The van der Waals surface area contributed by atoms with E-state index in [1.165, 1.54) is 24.3 Å². The highest BCUT2D eigenvalue weighted by atomic mass is 19.1. The van der Waals surface area contributed by atoms with Crippen molar-refractivity contribution < 1.29 is 14.3 Å². The molecule has 110 valence electrons. The van der Waals surface area contributed by atoms with E-state index in [4.69, 9.17) is 0 Å². The molecule has 0 aliphatic rings. The van der Waals surface area contributed by atoms with Gasteiger partial charge in [-0.15, -0.1) is 0 Å². The molecule has 0 radical (unpaired) electrons. The average molecular weight is 296 g/mol. The Kier molecular flexibility index (Phi) is 3.47. The summed E-state index contributed by atoms with van der Waals surface area (Å²) in [7, 11) is 0. The second-order valence-electron chi connectivity index (χ2n) is 4.98. The van der Waals surface area contributed by atoms with Crippen LogP contribution >= 0.6 is 0 Å². The molecule has 0 atom stereocenters. The fraction of sp³-hybridized carbons (Fsp3) is 0.0588. The molecule has 0 bridgehead atoms. The molecule has 0 unspecified atom stereocenters. The van der Waals surface area contributed by atoms with E-state index < -0.39 is 5.82 Å². The van der Waals surface area contributed by atoms with Crippen LogP contribution in [0.3, 0.4) is 0 Å². The maximum absolute atomic E-state index is 13.5. The summed E-state index contributed by atoms with van der Waals surface area (Å²) in [6.45, 7) is 1.77. The quantitative estimate of drug-likeness (QED) is 0.759. The summed E-state index contributed by atoms with van der Waals surface area (Å²) >= 11 is 0. The van der Waals surface area contributed by atoms with Gasteiger partial charge in [0.1, 0.15) is 11.6 Å². The second kappa shape index (κ2) is 5.44. The summed E-state index contributed by atoms with van der Waals surface area (Å²) in [5.74, 6) is -0.754. The van der Waals surface area contributed by atoms with Gasteiger partial charge in [-0.05, 0) is 43.3 Å². The number of aryl methyl sites for hydroxylation is 1. The number of phenolic OH excluding ortho intramolecular Hbond substituents is 1. The first-order valence-electron chi connectivity index (χ1n) is 6.70. The molecular weight excluding hydrogens is 283 g/mol. The number of hydrogen-bond donors (Lipinski definition) is 2. The van der Waals surface area contributed by atoms with Crippen molar-refractivity contribution in [2.24, 2.45) is 0 Å². The topological polar surface area (TPSA) is 62.2 Å². The van der Waals surface area contributed by atoms with Gasteiger partial charge in [-0.25, -0.2) is 4.39 Å². The van der Waals surface area contributed by atoms with Crippen LogP contribution in [-0.2, 0) is 0 Å². The number of nitrogens with one attached hydrogen (secondary N) is 1. The largest absolute Gasteiger partial charge is 0.508 e. The molecule has 0 spiro atoms. The number of rotatable bonds is 2. The van der Waals surface area contributed by atoms with Gasteiger partial charge in [-0.1, -0.05) is 6.07 Å². The van der Waals surface area contributed by atoms with E-state index in [1.807, 2.05) is 0 Å². The zero-order chi connectivity index (χ0) is 15.7. The maximum atomic E-state index is 13.5. The van der Waals surface area contributed by atoms with E-state index in [-0.39, 0.29) is 11.7 Å². The van der Waals surface area contributed by atoms with Crippen LogP contribution < -0.4 is 5.32 Å². The van der Waals surface area contributed by atoms with Crippen LogP contribution in [0.4, 0.5) is 10.1 Å². The molecule has 0 saturated carbocycles. The zero-order valence-corrected chi connectivity index (χ0v) is 11.8. The van der Waals surface area contributed by atoms with Crippen LogP contribution in [0.1, 0.15) is 16.1 Å². The van der Waals surface area contributed by atoms with Crippen LogP contribution in [0, 0.1) is 12.7 Å². The van der Waals surface area contributed by atoms with Gasteiger partial charge in [-0.2, -0.15) is 0 Å². The van der Waals surface area contributed by atoms with Crippen LogP contribution in [-0.4, -0.2) is 16.0 Å². The van der Waals surface area contributed by atoms with Gasteiger partial charge in [0.2, 0.25) is 0 Å². The summed E-state index contributed by atoms with van der Waals surface area (Å²) in [6, 6.07) is 12.0. The van der Waals surface area contributed by atoms with Crippen molar-refractivity contribution >= 4 is 22.5 Å². The highest BCUT2D eigenvalue weighted by molar-refractivity contribution is 6.12. The number of carbonyl (C=O) groups excluding carboxylic acids is 1. The normalized spacial score (nSPS) is 10.6. The van der Waals surface area contributed by atoms with E-state index in [2.05, 4.69) is 10.3 Å². The number of aromatic hydroxyl groups is 1. The molecular formula is C17H13FN2O2. The number of carbonyl (C=O) groups is 1. The first-order valence-corrected chi connectivity index (χ1v) is 6.70. The Labute approximate surface area is 126 Å². The summed E-state index contributed by atoms with van der Waals surface area (Å²) in [6.07, 6.45) is 0. The molecule has 5 heteroatoms. The number of benzene rings is 2. The minimum Gasteiger partial charge on any atom is -0.508 e. The number of phenols is 1. The predicted octanol–water partition coefficient (Wildman–Crippen LogP) is 3.64. The molecule has 4 nitrogen and oxygen atoms in total. The van der Waals surface area contributed by atoms with Crippen molar-refractivity contribution in [3.8, 4) is 5.75 Å². The summed E-state index contributed by atoms with van der Waals surface area (Å²) < 4.78 is 13.5. The third kappa shape index (κ3) is 2.74. The number of pyridine rings is 1. The van der Waals surface area contributed by atoms with Gasteiger partial charge < -0.3 is 10.4 Å². The molecule has 1 aromatic heterocycles. The van der Waals surface area contributed by atoms with E-state index in [9.17, 15) is 14.3 Å². The lowest BCUT2D eigenvalue weighted by atomic mass is 10.1. The maximum Gasteiger partial charge on any atom is 0.256 e. The molecule has 2 N–H and O–H groups in total. The minimum atomic E-state index is -0.426. The summed E-state index contributed by atoms with van der Waals surface area (Å²) in [4.78, 5) is 16.8.